The Kier molecular flexibility index (Phi) is 3.48. The second kappa shape index (κ2) is 5.21. The molecular weight excluding hydrogens is 296 g/mol. The molecule has 0 unspecified atom stereocenters. The lowest BCUT2D eigenvalue weighted by molar-refractivity contribution is 0.0992. The van der Waals surface area contributed by atoms with Gasteiger partial charge in [-0.2, -0.15) is 10.1 Å². The molecule has 5 nitrogen and oxygen atoms in total. The van der Waals surface area contributed by atoms with Gasteiger partial charge in [-0.3, -0.25) is 9.48 Å². The van der Waals surface area contributed by atoms with Gasteiger partial charge in [0.2, 0.25) is 0 Å². The molecule has 3 aromatic rings. The molecule has 3 rings (SSSR count). The Morgan fingerprint density at radius 2 is 1.82 bits per heavy atom. The summed E-state index contributed by atoms with van der Waals surface area (Å²) in [6.07, 6.45) is 1.82. The van der Waals surface area contributed by atoms with E-state index in [9.17, 15) is 4.79 Å². The summed E-state index contributed by atoms with van der Waals surface area (Å²) in [7, 11) is 3.75. The van der Waals surface area contributed by atoms with Crippen LogP contribution in [0.2, 0.25) is 0 Å². The number of hydrogen-bond donors (Lipinski definition) is 0. The number of amides is 1. The monoisotopic (exact) mass is 314 g/mol. The molecule has 0 N–H and O–H groups in total. The third-order valence-corrected chi connectivity index (χ3v) is 5.02. The second-order valence-corrected chi connectivity index (χ2v) is 6.55. The Balaban J connectivity index is 2.20. The number of hydrogen-bond acceptors (Lipinski definition) is 3. The normalized spacial score (nSPS) is 12.3. The third kappa shape index (κ3) is 2.29. The van der Waals surface area contributed by atoms with E-state index < -0.39 is 0 Å². The average molecular weight is 314 g/mol. The first kappa shape index (κ1) is 14.7. The van der Waals surface area contributed by atoms with E-state index >= 15 is 0 Å². The minimum absolute atomic E-state index is 0.296. The Hall–Kier alpha value is -2.21. The first-order chi connectivity index (χ1) is 10.4. The standard InChI is InChI=1S/C16H18N4OS/c1-9-6-7-10(2)14-13(9)20(5)16(22-14)17-15(21)12-11(3)8-19(4)18-12/h6-8H,1-5H3. The molecule has 1 amide bonds. The van der Waals surface area contributed by atoms with E-state index in [1.54, 1.807) is 23.1 Å². The van der Waals surface area contributed by atoms with Crippen LogP contribution in [0.5, 0.6) is 0 Å². The molecule has 0 fully saturated rings. The quantitative estimate of drug-likeness (QED) is 0.693. The molecule has 0 bridgehead atoms. The average Bonchev–Trinajstić information content (AvgIpc) is 2.96. The van der Waals surface area contributed by atoms with E-state index in [-0.39, 0.29) is 5.91 Å². The van der Waals surface area contributed by atoms with Crippen LogP contribution in [0, 0.1) is 20.8 Å². The van der Waals surface area contributed by atoms with Gasteiger partial charge in [0.15, 0.2) is 10.5 Å². The first-order valence-electron chi connectivity index (χ1n) is 7.03. The molecule has 0 aliphatic rings. The van der Waals surface area contributed by atoms with Crippen LogP contribution in [0.25, 0.3) is 10.2 Å². The highest BCUT2D eigenvalue weighted by atomic mass is 32.1. The van der Waals surface area contributed by atoms with E-state index in [4.69, 9.17) is 0 Å². The van der Waals surface area contributed by atoms with Gasteiger partial charge in [-0.1, -0.05) is 23.5 Å². The molecule has 22 heavy (non-hydrogen) atoms. The summed E-state index contributed by atoms with van der Waals surface area (Å²) in [4.78, 5) is 17.4. The topological polar surface area (TPSA) is 52.2 Å². The van der Waals surface area contributed by atoms with Crippen LogP contribution < -0.4 is 4.80 Å². The molecule has 0 spiro atoms. The van der Waals surface area contributed by atoms with Crippen molar-refractivity contribution in [3.63, 3.8) is 0 Å². The largest absolute Gasteiger partial charge is 0.319 e. The summed E-state index contributed by atoms with van der Waals surface area (Å²) in [5, 5.41) is 4.19. The van der Waals surface area contributed by atoms with Gasteiger partial charge in [-0.25, -0.2) is 0 Å². The lowest BCUT2D eigenvalue weighted by Crippen LogP contribution is -2.14. The molecule has 0 radical (unpaired) electrons. The highest BCUT2D eigenvalue weighted by Crippen LogP contribution is 2.24. The summed E-state index contributed by atoms with van der Waals surface area (Å²) in [5.74, 6) is -0.296. The summed E-state index contributed by atoms with van der Waals surface area (Å²) in [6, 6.07) is 4.20. The number of aromatic nitrogens is 3. The van der Waals surface area contributed by atoms with Gasteiger partial charge in [0, 0.05) is 25.9 Å². The number of fused-ring (bicyclic) bond motifs is 1. The van der Waals surface area contributed by atoms with Crippen molar-refractivity contribution in [3.05, 3.63) is 45.5 Å². The van der Waals surface area contributed by atoms with E-state index in [1.807, 2.05) is 24.7 Å². The van der Waals surface area contributed by atoms with Gasteiger partial charge in [0.1, 0.15) is 0 Å². The van der Waals surface area contributed by atoms with E-state index in [0.717, 1.165) is 11.1 Å². The fourth-order valence-electron chi connectivity index (χ4n) is 2.63. The lowest BCUT2D eigenvalue weighted by Gasteiger charge is -2.01. The van der Waals surface area contributed by atoms with Crippen molar-refractivity contribution in [2.45, 2.75) is 20.8 Å². The van der Waals surface area contributed by atoms with E-state index in [2.05, 4.69) is 36.1 Å². The highest BCUT2D eigenvalue weighted by Gasteiger charge is 2.14. The molecule has 1 aromatic carbocycles. The van der Waals surface area contributed by atoms with Gasteiger partial charge >= 0.3 is 0 Å². The minimum Gasteiger partial charge on any atom is -0.319 e. The van der Waals surface area contributed by atoms with Gasteiger partial charge in [-0.15, -0.1) is 0 Å². The van der Waals surface area contributed by atoms with Gasteiger partial charge < -0.3 is 4.57 Å². The first-order valence-corrected chi connectivity index (χ1v) is 7.85. The van der Waals surface area contributed by atoms with Crippen LogP contribution in [0.1, 0.15) is 27.2 Å². The maximum Gasteiger partial charge on any atom is 0.300 e. The zero-order chi connectivity index (χ0) is 16.0. The number of aryl methyl sites for hydroxylation is 5. The van der Waals surface area contributed by atoms with Gasteiger partial charge in [0.05, 0.1) is 10.2 Å². The van der Waals surface area contributed by atoms with Crippen LogP contribution in [-0.4, -0.2) is 20.3 Å². The molecule has 0 saturated carbocycles. The summed E-state index contributed by atoms with van der Waals surface area (Å²) in [5.41, 5.74) is 4.77. The van der Waals surface area contributed by atoms with Crippen LogP contribution in [0.4, 0.5) is 0 Å². The number of carbonyl (C=O) groups is 1. The van der Waals surface area contributed by atoms with Gasteiger partial charge in [-0.05, 0) is 31.9 Å². The van der Waals surface area contributed by atoms with Crippen LogP contribution in [0.3, 0.4) is 0 Å². The minimum atomic E-state index is -0.296. The van der Waals surface area contributed by atoms with Crippen LogP contribution in [-0.2, 0) is 14.1 Å². The molecule has 0 aliphatic heterocycles. The van der Waals surface area contributed by atoms with Crippen molar-refractivity contribution >= 4 is 27.5 Å². The molecule has 114 valence electrons. The van der Waals surface area contributed by atoms with Crippen molar-refractivity contribution in [1.82, 2.24) is 14.3 Å². The Morgan fingerprint density at radius 1 is 1.14 bits per heavy atom. The predicted molar refractivity (Wildman–Crippen MR) is 88.1 cm³/mol. The van der Waals surface area contributed by atoms with E-state index in [0.29, 0.717) is 10.5 Å². The Labute approximate surface area is 132 Å². The van der Waals surface area contributed by atoms with Crippen molar-refractivity contribution in [3.8, 4) is 0 Å². The number of nitrogens with zero attached hydrogens (tertiary/aromatic N) is 4. The smallest absolute Gasteiger partial charge is 0.300 e. The van der Waals surface area contributed by atoms with Gasteiger partial charge in [0.25, 0.3) is 5.91 Å². The maximum atomic E-state index is 12.4. The van der Waals surface area contributed by atoms with Crippen LogP contribution >= 0.6 is 11.3 Å². The van der Waals surface area contributed by atoms with Crippen molar-refractivity contribution < 1.29 is 4.79 Å². The molecular formula is C16H18N4OS. The number of rotatable bonds is 1. The molecule has 0 aliphatic carbocycles. The molecule has 0 atom stereocenters. The molecule has 0 saturated heterocycles. The zero-order valence-electron chi connectivity index (χ0n) is 13.3. The fraction of sp³-hybridized carbons (Fsp3) is 0.312. The van der Waals surface area contributed by atoms with Crippen molar-refractivity contribution in [1.29, 1.82) is 0 Å². The third-order valence-electron chi connectivity index (χ3n) is 3.76. The molecule has 2 aromatic heterocycles. The number of carbonyl (C=O) groups excluding carboxylic acids is 1. The fourth-order valence-corrected chi connectivity index (χ4v) is 3.79. The Morgan fingerprint density at radius 3 is 2.41 bits per heavy atom. The zero-order valence-corrected chi connectivity index (χ0v) is 14.2. The van der Waals surface area contributed by atoms with Crippen molar-refractivity contribution in [2.75, 3.05) is 0 Å². The lowest BCUT2D eigenvalue weighted by atomic mass is 10.1. The summed E-state index contributed by atoms with van der Waals surface area (Å²) in [6.45, 7) is 6.02. The Bertz CT molecular complexity index is 959. The second-order valence-electron chi connectivity index (χ2n) is 5.57. The molecule has 6 heteroatoms. The SMILES string of the molecule is Cc1cn(C)nc1C(=O)N=c1sc2c(C)ccc(C)c2n1C. The number of benzene rings is 1. The number of thiazole rings is 1. The summed E-state index contributed by atoms with van der Waals surface area (Å²) >= 11 is 1.54. The van der Waals surface area contributed by atoms with Crippen molar-refractivity contribution in [2.24, 2.45) is 19.1 Å². The highest BCUT2D eigenvalue weighted by molar-refractivity contribution is 7.16. The van der Waals surface area contributed by atoms with Crippen LogP contribution in [0.15, 0.2) is 23.3 Å². The van der Waals surface area contributed by atoms with E-state index in [1.165, 1.54) is 15.8 Å². The predicted octanol–water partition coefficient (Wildman–Crippen LogP) is 2.64. The molecule has 2 heterocycles. The summed E-state index contributed by atoms with van der Waals surface area (Å²) < 4.78 is 4.79. The maximum absolute atomic E-state index is 12.4.